The summed E-state index contributed by atoms with van der Waals surface area (Å²) >= 11 is 0. The van der Waals surface area contributed by atoms with E-state index in [1.54, 1.807) is 13.8 Å². The van der Waals surface area contributed by atoms with Crippen molar-refractivity contribution in [2.75, 3.05) is 13.2 Å². The summed E-state index contributed by atoms with van der Waals surface area (Å²) in [5, 5.41) is 0. The van der Waals surface area contributed by atoms with E-state index in [4.69, 9.17) is 9.47 Å². The molecule has 0 aromatic heterocycles. The Morgan fingerprint density at radius 3 is 2.71 bits per heavy atom. The molecule has 94 valence electrons. The van der Waals surface area contributed by atoms with Crippen LogP contribution < -0.4 is 0 Å². The van der Waals surface area contributed by atoms with Gasteiger partial charge in [0.05, 0.1) is 0 Å². The maximum atomic E-state index is 11.3. The molecule has 1 heterocycles. The smallest absolute Gasteiger partial charge is 0.348 e. The molecule has 1 rings (SSSR count). The fourth-order valence-electron chi connectivity index (χ4n) is 1.29. The number of cyclic esters (lactones) is 1. The van der Waals surface area contributed by atoms with E-state index in [1.807, 2.05) is 0 Å². The molecule has 1 fully saturated rings. The molecule has 1 aliphatic heterocycles. The SMILES string of the molecule is C=CC(=O)OCC(=O)OC1C(=O)OCC1(C)C. The standard InChI is InChI=1S/C11H14O6/c1-4-7(12)15-5-8(13)17-9-10(14)16-6-11(9,2)3/h4,9H,1,5-6H2,2-3H3. The predicted octanol–water partition coefficient (Wildman–Crippen LogP) is 0.210. The summed E-state index contributed by atoms with van der Waals surface area (Å²) in [4.78, 5) is 33.3. The van der Waals surface area contributed by atoms with Gasteiger partial charge in [0.1, 0.15) is 6.61 Å². The average Bonchev–Trinajstić information content (AvgIpc) is 2.53. The third kappa shape index (κ3) is 3.30. The van der Waals surface area contributed by atoms with E-state index in [9.17, 15) is 14.4 Å². The highest BCUT2D eigenvalue weighted by atomic mass is 16.6. The topological polar surface area (TPSA) is 78.9 Å². The first-order valence-corrected chi connectivity index (χ1v) is 5.02. The molecule has 0 N–H and O–H groups in total. The maximum Gasteiger partial charge on any atom is 0.348 e. The third-order valence-corrected chi connectivity index (χ3v) is 2.26. The number of carbonyl (C=O) groups excluding carboxylic acids is 3. The van der Waals surface area contributed by atoms with E-state index in [0.717, 1.165) is 6.08 Å². The largest absolute Gasteiger partial charge is 0.462 e. The van der Waals surface area contributed by atoms with Gasteiger partial charge in [-0.05, 0) is 0 Å². The molecule has 6 nitrogen and oxygen atoms in total. The molecule has 0 radical (unpaired) electrons. The number of hydrogen-bond acceptors (Lipinski definition) is 6. The second-order valence-electron chi connectivity index (χ2n) is 4.28. The van der Waals surface area contributed by atoms with Gasteiger partial charge in [-0.3, -0.25) is 0 Å². The number of rotatable bonds is 4. The highest BCUT2D eigenvalue weighted by Gasteiger charge is 2.46. The van der Waals surface area contributed by atoms with Crippen molar-refractivity contribution in [1.82, 2.24) is 0 Å². The van der Waals surface area contributed by atoms with E-state index in [2.05, 4.69) is 11.3 Å². The van der Waals surface area contributed by atoms with Crippen molar-refractivity contribution in [3.8, 4) is 0 Å². The summed E-state index contributed by atoms with van der Waals surface area (Å²) in [5.74, 6) is -2.11. The van der Waals surface area contributed by atoms with E-state index in [-0.39, 0.29) is 6.61 Å². The summed E-state index contributed by atoms with van der Waals surface area (Å²) in [7, 11) is 0. The number of carbonyl (C=O) groups is 3. The van der Waals surface area contributed by atoms with Crippen LogP contribution in [0.2, 0.25) is 0 Å². The molecular weight excluding hydrogens is 228 g/mol. The Hall–Kier alpha value is -1.85. The van der Waals surface area contributed by atoms with Crippen LogP contribution in [0, 0.1) is 5.41 Å². The van der Waals surface area contributed by atoms with Crippen molar-refractivity contribution < 1.29 is 28.6 Å². The van der Waals surface area contributed by atoms with Gasteiger partial charge in [0.15, 0.2) is 6.61 Å². The second kappa shape index (κ2) is 4.99. The average molecular weight is 242 g/mol. The quantitative estimate of drug-likeness (QED) is 0.398. The Labute approximate surface area is 98.5 Å². The molecule has 6 heteroatoms. The van der Waals surface area contributed by atoms with Crippen LogP contribution >= 0.6 is 0 Å². The zero-order valence-electron chi connectivity index (χ0n) is 9.73. The molecule has 0 bridgehead atoms. The van der Waals surface area contributed by atoms with E-state index < -0.39 is 36.0 Å². The number of ether oxygens (including phenoxy) is 3. The lowest BCUT2D eigenvalue weighted by Gasteiger charge is -2.21. The molecule has 0 aromatic carbocycles. The van der Waals surface area contributed by atoms with Gasteiger partial charge < -0.3 is 14.2 Å². The first kappa shape index (κ1) is 13.2. The van der Waals surface area contributed by atoms with Crippen LogP contribution in [-0.4, -0.2) is 37.2 Å². The van der Waals surface area contributed by atoms with Crippen LogP contribution in [0.5, 0.6) is 0 Å². The minimum Gasteiger partial charge on any atom is -0.462 e. The fourth-order valence-corrected chi connectivity index (χ4v) is 1.29. The highest BCUT2D eigenvalue weighted by molar-refractivity contribution is 5.85. The highest BCUT2D eigenvalue weighted by Crippen LogP contribution is 2.30. The van der Waals surface area contributed by atoms with Crippen LogP contribution in [0.4, 0.5) is 0 Å². The van der Waals surface area contributed by atoms with Gasteiger partial charge in [0, 0.05) is 11.5 Å². The van der Waals surface area contributed by atoms with Crippen molar-refractivity contribution in [3.63, 3.8) is 0 Å². The lowest BCUT2D eigenvalue weighted by Crippen LogP contribution is -2.36. The van der Waals surface area contributed by atoms with E-state index in [0.29, 0.717) is 0 Å². The molecule has 1 saturated heterocycles. The Bertz CT molecular complexity index is 357. The zero-order chi connectivity index (χ0) is 13.1. The number of hydrogen-bond donors (Lipinski definition) is 0. The predicted molar refractivity (Wildman–Crippen MR) is 55.8 cm³/mol. The Kier molecular flexibility index (Phi) is 3.88. The summed E-state index contributed by atoms with van der Waals surface area (Å²) < 4.78 is 14.2. The van der Waals surface area contributed by atoms with Crippen molar-refractivity contribution >= 4 is 17.9 Å². The summed E-state index contributed by atoms with van der Waals surface area (Å²) in [6.07, 6.45) is -0.0291. The molecule has 0 amide bonds. The zero-order valence-corrected chi connectivity index (χ0v) is 9.73. The molecule has 1 atom stereocenters. The lowest BCUT2D eigenvalue weighted by atomic mass is 9.90. The van der Waals surface area contributed by atoms with Gasteiger partial charge >= 0.3 is 17.9 Å². The van der Waals surface area contributed by atoms with Gasteiger partial charge in [-0.1, -0.05) is 20.4 Å². The molecular formula is C11H14O6. The third-order valence-electron chi connectivity index (χ3n) is 2.26. The monoisotopic (exact) mass is 242 g/mol. The molecule has 0 saturated carbocycles. The van der Waals surface area contributed by atoms with Crippen molar-refractivity contribution in [3.05, 3.63) is 12.7 Å². The summed E-state index contributed by atoms with van der Waals surface area (Å²) in [5.41, 5.74) is -0.574. The molecule has 0 aromatic rings. The van der Waals surface area contributed by atoms with Gasteiger partial charge in [0.25, 0.3) is 0 Å². The Morgan fingerprint density at radius 2 is 2.24 bits per heavy atom. The molecule has 17 heavy (non-hydrogen) atoms. The fraction of sp³-hybridized carbons (Fsp3) is 0.545. The van der Waals surface area contributed by atoms with Crippen LogP contribution in [0.1, 0.15) is 13.8 Å². The summed E-state index contributed by atoms with van der Waals surface area (Å²) in [6.45, 7) is 6.30. The van der Waals surface area contributed by atoms with Crippen LogP contribution in [0.15, 0.2) is 12.7 Å². The van der Waals surface area contributed by atoms with Gasteiger partial charge in [0.2, 0.25) is 6.10 Å². The van der Waals surface area contributed by atoms with Crippen LogP contribution in [0.3, 0.4) is 0 Å². The van der Waals surface area contributed by atoms with Crippen molar-refractivity contribution in [2.45, 2.75) is 20.0 Å². The Morgan fingerprint density at radius 1 is 1.59 bits per heavy atom. The van der Waals surface area contributed by atoms with E-state index >= 15 is 0 Å². The van der Waals surface area contributed by atoms with Crippen LogP contribution in [0.25, 0.3) is 0 Å². The van der Waals surface area contributed by atoms with Crippen molar-refractivity contribution in [2.24, 2.45) is 5.41 Å². The molecule has 1 aliphatic rings. The maximum absolute atomic E-state index is 11.3. The Balaban J connectivity index is 2.48. The summed E-state index contributed by atoms with van der Waals surface area (Å²) in [6, 6.07) is 0. The second-order valence-corrected chi connectivity index (χ2v) is 4.28. The minimum atomic E-state index is -0.961. The normalized spacial score (nSPS) is 21.5. The number of esters is 3. The lowest BCUT2D eigenvalue weighted by molar-refractivity contribution is -0.168. The van der Waals surface area contributed by atoms with E-state index in [1.165, 1.54) is 0 Å². The van der Waals surface area contributed by atoms with Crippen LogP contribution in [-0.2, 0) is 28.6 Å². The van der Waals surface area contributed by atoms with Gasteiger partial charge in [-0.25, -0.2) is 14.4 Å². The first-order chi connectivity index (χ1) is 7.86. The van der Waals surface area contributed by atoms with Crippen molar-refractivity contribution in [1.29, 1.82) is 0 Å². The first-order valence-electron chi connectivity index (χ1n) is 5.02. The minimum absolute atomic E-state index is 0.191. The van der Waals surface area contributed by atoms with Gasteiger partial charge in [-0.2, -0.15) is 0 Å². The molecule has 0 aliphatic carbocycles. The molecule has 0 spiro atoms. The molecule has 1 unspecified atom stereocenters. The van der Waals surface area contributed by atoms with Gasteiger partial charge in [-0.15, -0.1) is 0 Å².